The van der Waals surface area contributed by atoms with Crippen molar-refractivity contribution in [2.45, 2.75) is 38.4 Å². The fraction of sp³-hybridized carbons (Fsp3) is 0.588. The number of hydrogen-bond donors (Lipinski definition) is 2. The van der Waals surface area contributed by atoms with Gasteiger partial charge in [-0.3, -0.25) is 9.69 Å². The molecule has 1 aromatic carbocycles. The highest BCUT2D eigenvalue weighted by atomic mass is 16.5. The molecule has 0 bridgehead atoms. The van der Waals surface area contributed by atoms with Crippen LogP contribution in [0.3, 0.4) is 0 Å². The van der Waals surface area contributed by atoms with Crippen molar-refractivity contribution in [3.63, 3.8) is 0 Å². The lowest BCUT2D eigenvalue weighted by Crippen LogP contribution is -2.41. The van der Waals surface area contributed by atoms with Crippen molar-refractivity contribution in [2.75, 3.05) is 27.3 Å². The lowest BCUT2D eigenvalue weighted by Gasteiger charge is -2.19. The number of rotatable bonds is 7. The number of likely N-dealkylation sites (N-methyl/N-ethyl adjacent to an activating group) is 1. The highest BCUT2D eigenvalue weighted by Gasteiger charge is 2.32. The molecule has 0 radical (unpaired) electrons. The Morgan fingerprint density at radius 2 is 2.26 bits per heavy atom. The summed E-state index contributed by atoms with van der Waals surface area (Å²) in [5.41, 5.74) is 6.83. The van der Waals surface area contributed by atoms with E-state index in [9.17, 15) is 4.79 Å². The first-order valence-corrected chi connectivity index (χ1v) is 8.09. The number of benzene rings is 1. The van der Waals surface area contributed by atoms with E-state index in [1.165, 1.54) is 0 Å². The molecule has 0 unspecified atom stereocenters. The van der Waals surface area contributed by atoms with Crippen LogP contribution in [0.1, 0.15) is 25.3 Å². The smallest absolute Gasteiger partial charge is 0.237 e. The first-order chi connectivity index (χ1) is 11.1. The Morgan fingerprint density at radius 1 is 1.48 bits per heavy atom. The van der Waals surface area contributed by atoms with Gasteiger partial charge in [0.1, 0.15) is 0 Å². The maximum atomic E-state index is 12.4. The molecule has 6 nitrogen and oxygen atoms in total. The van der Waals surface area contributed by atoms with E-state index in [-0.39, 0.29) is 18.0 Å². The maximum Gasteiger partial charge on any atom is 0.237 e. The van der Waals surface area contributed by atoms with E-state index in [2.05, 4.69) is 12.2 Å². The van der Waals surface area contributed by atoms with Gasteiger partial charge in [-0.1, -0.05) is 19.1 Å². The van der Waals surface area contributed by atoms with Gasteiger partial charge in [-0.15, -0.1) is 0 Å². The molecule has 0 spiro atoms. The first kappa shape index (κ1) is 17.6. The SMILES string of the molecule is CCCOc1c(CNC(=O)[C@@H]2C[C@H](N)CN2C)cccc1OC. The van der Waals surface area contributed by atoms with Crippen molar-refractivity contribution in [3.8, 4) is 11.5 Å². The fourth-order valence-electron chi connectivity index (χ4n) is 2.87. The summed E-state index contributed by atoms with van der Waals surface area (Å²) < 4.78 is 11.2. The number of hydrogen-bond acceptors (Lipinski definition) is 5. The summed E-state index contributed by atoms with van der Waals surface area (Å²) in [5.74, 6) is 1.39. The molecule has 1 saturated heterocycles. The zero-order valence-corrected chi connectivity index (χ0v) is 14.2. The maximum absolute atomic E-state index is 12.4. The number of likely N-dealkylation sites (tertiary alicyclic amines) is 1. The zero-order valence-electron chi connectivity index (χ0n) is 14.2. The van der Waals surface area contributed by atoms with E-state index >= 15 is 0 Å². The number of nitrogens with two attached hydrogens (primary N) is 1. The molecule has 0 aromatic heterocycles. The van der Waals surface area contributed by atoms with Crippen LogP contribution < -0.4 is 20.5 Å². The summed E-state index contributed by atoms with van der Waals surface area (Å²) in [7, 11) is 3.55. The third-order valence-electron chi connectivity index (χ3n) is 4.07. The Labute approximate surface area is 137 Å². The van der Waals surface area contributed by atoms with Crippen molar-refractivity contribution < 1.29 is 14.3 Å². The second-order valence-electron chi connectivity index (χ2n) is 5.97. The minimum absolute atomic E-state index is 0.00436. The van der Waals surface area contributed by atoms with Gasteiger partial charge in [-0.05, 0) is 26.0 Å². The van der Waals surface area contributed by atoms with E-state index in [0.29, 0.717) is 31.1 Å². The number of carbonyl (C=O) groups is 1. The average molecular weight is 321 g/mol. The van der Waals surface area contributed by atoms with Crippen molar-refractivity contribution in [3.05, 3.63) is 23.8 Å². The number of nitrogens with zero attached hydrogens (tertiary/aromatic N) is 1. The van der Waals surface area contributed by atoms with Crippen LogP contribution in [0.15, 0.2) is 18.2 Å². The summed E-state index contributed by atoms with van der Waals surface area (Å²) in [6.07, 6.45) is 1.61. The predicted octanol–water partition coefficient (Wildman–Crippen LogP) is 1.13. The van der Waals surface area contributed by atoms with Crippen molar-refractivity contribution in [2.24, 2.45) is 5.73 Å². The molecule has 3 N–H and O–H groups in total. The Morgan fingerprint density at radius 3 is 2.87 bits per heavy atom. The minimum atomic E-state index is -0.157. The van der Waals surface area contributed by atoms with Crippen LogP contribution in [0.5, 0.6) is 11.5 Å². The summed E-state index contributed by atoms with van der Waals surface area (Å²) in [6, 6.07) is 5.61. The van der Waals surface area contributed by atoms with Gasteiger partial charge in [0.2, 0.25) is 5.91 Å². The van der Waals surface area contributed by atoms with Gasteiger partial charge in [-0.25, -0.2) is 0 Å². The summed E-state index contributed by atoms with van der Waals surface area (Å²) in [6.45, 7) is 3.83. The lowest BCUT2D eigenvalue weighted by molar-refractivity contribution is -0.125. The number of nitrogens with one attached hydrogen (secondary N) is 1. The number of methoxy groups -OCH3 is 1. The lowest BCUT2D eigenvalue weighted by atomic mass is 10.1. The van der Waals surface area contributed by atoms with Crippen LogP contribution in [0.25, 0.3) is 0 Å². The third kappa shape index (κ3) is 4.36. The molecule has 1 fully saturated rings. The molecule has 128 valence electrons. The number of amides is 1. The second-order valence-corrected chi connectivity index (χ2v) is 5.97. The molecule has 0 aliphatic carbocycles. The Bertz CT molecular complexity index is 536. The summed E-state index contributed by atoms with van der Waals surface area (Å²) in [4.78, 5) is 14.4. The van der Waals surface area contributed by atoms with Gasteiger partial charge >= 0.3 is 0 Å². The van der Waals surface area contributed by atoms with Crippen LogP contribution in [0, 0.1) is 0 Å². The number of para-hydroxylation sites is 1. The highest BCUT2D eigenvalue weighted by molar-refractivity contribution is 5.82. The molecule has 1 aromatic rings. The van der Waals surface area contributed by atoms with E-state index in [1.54, 1.807) is 7.11 Å². The number of ether oxygens (including phenoxy) is 2. The summed E-state index contributed by atoms with van der Waals surface area (Å²) >= 11 is 0. The highest BCUT2D eigenvalue weighted by Crippen LogP contribution is 2.31. The van der Waals surface area contributed by atoms with Crippen LogP contribution in [0.2, 0.25) is 0 Å². The molecule has 1 aliphatic rings. The number of carbonyl (C=O) groups excluding carboxylic acids is 1. The van der Waals surface area contributed by atoms with Crippen molar-refractivity contribution in [1.82, 2.24) is 10.2 Å². The molecular formula is C17H27N3O3. The summed E-state index contributed by atoms with van der Waals surface area (Å²) in [5, 5.41) is 2.99. The third-order valence-corrected chi connectivity index (χ3v) is 4.07. The molecule has 2 atom stereocenters. The normalized spacial score (nSPS) is 21.2. The fourth-order valence-corrected chi connectivity index (χ4v) is 2.87. The Kier molecular flexibility index (Phi) is 6.24. The van der Waals surface area contributed by atoms with Crippen molar-refractivity contribution >= 4 is 5.91 Å². The monoisotopic (exact) mass is 321 g/mol. The van der Waals surface area contributed by atoms with Gasteiger partial charge in [-0.2, -0.15) is 0 Å². The predicted molar refractivity (Wildman–Crippen MR) is 89.6 cm³/mol. The second kappa shape index (κ2) is 8.17. The van der Waals surface area contributed by atoms with Crippen LogP contribution in [-0.4, -0.2) is 50.2 Å². The molecule has 1 amide bonds. The van der Waals surface area contributed by atoms with E-state index < -0.39 is 0 Å². The molecular weight excluding hydrogens is 294 g/mol. The molecule has 1 heterocycles. The largest absolute Gasteiger partial charge is 0.493 e. The van der Waals surface area contributed by atoms with Crippen LogP contribution >= 0.6 is 0 Å². The zero-order chi connectivity index (χ0) is 16.8. The van der Waals surface area contributed by atoms with E-state index in [0.717, 1.165) is 18.5 Å². The van der Waals surface area contributed by atoms with E-state index in [1.807, 2.05) is 30.1 Å². The topological polar surface area (TPSA) is 76.8 Å². The van der Waals surface area contributed by atoms with Gasteiger partial charge in [0.05, 0.1) is 19.8 Å². The molecule has 0 saturated carbocycles. The van der Waals surface area contributed by atoms with Gasteiger partial charge in [0, 0.05) is 24.7 Å². The quantitative estimate of drug-likeness (QED) is 0.787. The molecule has 23 heavy (non-hydrogen) atoms. The van der Waals surface area contributed by atoms with Crippen molar-refractivity contribution in [1.29, 1.82) is 0 Å². The van der Waals surface area contributed by atoms with Gasteiger partial charge in [0.15, 0.2) is 11.5 Å². The van der Waals surface area contributed by atoms with Crippen LogP contribution in [0.4, 0.5) is 0 Å². The van der Waals surface area contributed by atoms with E-state index in [4.69, 9.17) is 15.2 Å². The Balaban J connectivity index is 2.03. The first-order valence-electron chi connectivity index (χ1n) is 8.09. The molecule has 2 rings (SSSR count). The molecule has 6 heteroatoms. The van der Waals surface area contributed by atoms with Crippen LogP contribution in [-0.2, 0) is 11.3 Å². The average Bonchev–Trinajstić information content (AvgIpc) is 2.89. The Hall–Kier alpha value is -1.79. The standard InChI is InChI=1S/C17H27N3O3/c1-4-8-23-16-12(6-5-7-15(16)22-3)10-19-17(21)14-9-13(18)11-20(14)2/h5-7,13-14H,4,8-11,18H2,1-3H3,(H,19,21)/t13-,14-/m0/s1. The molecule has 1 aliphatic heterocycles. The van der Waals surface area contributed by atoms with Gasteiger partial charge in [0.25, 0.3) is 0 Å². The minimum Gasteiger partial charge on any atom is -0.493 e. The van der Waals surface area contributed by atoms with Gasteiger partial charge < -0.3 is 20.5 Å².